The van der Waals surface area contributed by atoms with Gasteiger partial charge in [-0.1, -0.05) is 67.3 Å². The van der Waals surface area contributed by atoms with E-state index in [9.17, 15) is 13.2 Å². The standard InChI is InChI=1S/C20H22N4O3S3/c1-14(2)13-28-20-23-22-19(29-20)21-18(25)16-11-7-8-12-17(16)24(3)30(26,27)15-9-5-4-6-10-15/h4-12,14H,13H2,1-3H3,(H,21,22,25). The first-order valence-electron chi connectivity index (χ1n) is 9.19. The monoisotopic (exact) mass is 462 g/mol. The van der Waals surface area contributed by atoms with Crippen molar-refractivity contribution >= 4 is 49.8 Å². The molecule has 0 radical (unpaired) electrons. The lowest BCUT2D eigenvalue weighted by Crippen LogP contribution is -2.29. The second-order valence-electron chi connectivity index (χ2n) is 6.83. The van der Waals surface area contributed by atoms with Crippen molar-refractivity contribution in [3.63, 3.8) is 0 Å². The van der Waals surface area contributed by atoms with Gasteiger partial charge in [0.2, 0.25) is 5.13 Å². The Kier molecular flexibility index (Phi) is 7.11. The van der Waals surface area contributed by atoms with Crippen molar-refractivity contribution in [1.29, 1.82) is 0 Å². The van der Waals surface area contributed by atoms with Gasteiger partial charge in [0.1, 0.15) is 0 Å². The molecule has 0 saturated carbocycles. The van der Waals surface area contributed by atoms with Crippen molar-refractivity contribution in [2.45, 2.75) is 23.1 Å². The summed E-state index contributed by atoms with van der Waals surface area (Å²) < 4.78 is 27.8. The summed E-state index contributed by atoms with van der Waals surface area (Å²) in [5.41, 5.74) is 0.504. The average molecular weight is 463 g/mol. The zero-order valence-corrected chi connectivity index (χ0v) is 19.2. The molecule has 30 heavy (non-hydrogen) atoms. The van der Waals surface area contributed by atoms with E-state index in [2.05, 4.69) is 29.4 Å². The molecule has 1 aromatic heterocycles. The maximum atomic E-state index is 13.0. The molecular formula is C20H22N4O3S3. The fourth-order valence-corrected chi connectivity index (χ4v) is 5.50. The van der Waals surface area contributed by atoms with Gasteiger partial charge in [-0.25, -0.2) is 8.42 Å². The molecule has 0 fully saturated rings. The molecule has 1 amide bonds. The molecule has 7 nitrogen and oxygen atoms in total. The Morgan fingerprint density at radius 3 is 2.47 bits per heavy atom. The number of para-hydroxylation sites is 1. The molecule has 0 atom stereocenters. The largest absolute Gasteiger partial charge is 0.296 e. The molecule has 0 aliphatic heterocycles. The second-order valence-corrected chi connectivity index (χ2v) is 11.0. The highest BCUT2D eigenvalue weighted by atomic mass is 32.2. The molecule has 2 aromatic carbocycles. The topological polar surface area (TPSA) is 92.3 Å². The van der Waals surface area contributed by atoms with E-state index in [4.69, 9.17) is 0 Å². The summed E-state index contributed by atoms with van der Waals surface area (Å²) in [6.45, 7) is 4.24. The number of carbonyl (C=O) groups excluding carboxylic acids is 1. The average Bonchev–Trinajstić information content (AvgIpc) is 3.19. The number of rotatable bonds is 8. The van der Waals surface area contributed by atoms with E-state index in [0.29, 0.717) is 11.0 Å². The van der Waals surface area contributed by atoms with E-state index in [-0.39, 0.29) is 16.1 Å². The van der Waals surface area contributed by atoms with Crippen LogP contribution in [0.2, 0.25) is 0 Å². The first kappa shape index (κ1) is 22.3. The van der Waals surface area contributed by atoms with Gasteiger partial charge in [-0.05, 0) is 30.2 Å². The maximum Gasteiger partial charge on any atom is 0.264 e. The Labute approximate surface area is 184 Å². The number of aromatic nitrogens is 2. The number of anilines is 2. The highest BCUT2D eigenvalue weighted by Gasteiger charge is 2.25. The van der Waals surface area contributed by atoms with Crippen LogP contribution in [0.1, 0.15) is 24.2 Å². The number of amides is 1. The zero-order valence-electron chi connectivity index (χ0n) is 16.8. The third-order valence-corrected chi connectivity index (χ3v) is 8.24. The van der Waals surface area contributed by atoms with Gasteiger partial charge in [0, 0.05) is 12.8 Å². The fourth-order valence-electron chi connectivity index (χ4n) is 2.54. The SMILES string of the molecule is CC(C)CSc1nnc(NC(=O)c2ccccc2N(C)S(=O)(=O)c2ccccc2)s1. The Bertz CT molecular complexity index is 1120. The Hall–Kier alpha value is -2.43. The molecule has 3 rings (SSSR count). The molecule has 0 aliphatic carbocycles. The van der Waals surface area contributed by atoms with Crippen LogP contribution in [0.25, 0.3) is 0 Å². The first-order valence-corrected chi connectivity index (χ1v) is 12.4. The number of carbonyl (C=O) groups is 1. The van der Waals surface area contributed by atoms with Crippen LogP contribution >= 0.6 is 23.1 Å². The minimum atomic E-state index is -3.81. The molecule has 3 aromatic rings. The minimum absolute atomic E-state index is 0.152. The number of sulfonamides is 1. The van der Waals surface area contributed by atoms with E-state index >= 15 is 0 Å². The number of hydrogen-bond donors (Lipinski definition) is 1. The molecule has 10 heteroatoms. The molecule has 1 heterocycles. The summed E-state index contributed by atoms with van der Waals surface area (Å²) in [5.74, 6) is 0.983. The summed E-state index contributed by atoms with van der Waals surface area (Å²) >= 11 is 2.88. The Balaban J connectivity index is 1.82. The van der Waals surface area contributed by atoms with Crippen LogP contribution in [0, 0.1) is 5.92 Å². The summed E-state index contributed by atoms with van der Waals surface area (Å²) in [4.78, 5) is 13.0. The van der Waals surface area contributed by atoms with Crippen molar-refractivity contribution in [1.82, 2.24) is 10.2 Å². The fraction of sp³-hybridized carbons (Fsp3) is 0.250. The number of nitrogens with zero attached hydrogens (tertiary/aromatic N) is 3. The van der Waals surface area contributed by atoms with Crippen LogP contribution in [0.3, 0.4) is 0 Å². The van der Waals surface area contributed by atoms with Crippen molar-refractivity contribution in [3.05, 3.63) is 60.2 Å². The van der Waals surface area contributed by atoms with E-state index in [1.54, 1.807) is 54.2 Å². The molecule has 158 valence electrons. The van der Waals surface area contributed by atoms with Crippen LogP contribution in [0.15, 0.2) is 63.8 Å². The van der Waals surface area contributed by atoms with Crippen LogP contribution < -0.4 is 9.62 Å². The molecule has 0 bridgehead atoms. The predicted octanol–water partition coefficient (Wildman–Crippen LogP) is 4.36. The molecule has 1 N–H and O–H groups in total. The summed E-state index contributed by atoms with van der Waals surface area (Å²) in [5, 5.41) is 11.2. The normalized spacial score (nSPS) is 11.5. The Morgan fingerprint density at radius 2 is 1.77 bits per heavy atom. The number of nitrogens with one attached hydrogen (secondary N) is 1. The summed E-state index contributed by atoms with van der Waals surface area (Å²) in [6.07, 6.45) is 0. The van der Waals surface area contributed by atoms with Crippen LogP contribution in [-0.4, -0.2) is 37.3 Å². The van der Waals surface area contributed by atoms with Gasteiger partial charge in [-0.2, -0.15) is 0 Å². The molecule has 0 spiro atoms. The Morgan fingerprint density at radius 1 is 1.10 bits per heavy atom. The lowest BCUT2D eigenvalue weighted by molar-refractivity contribution is 0.102. The third kappa shape index (κ3) is 5.18. The van der Waals surface area contributed by atoms with Crippen LogP contribution in [0.5, 0.6) is 0 Å². The molecule has 0 saturated heterocycles. The van der Waals surface area contributed by atoms with Crippen molar-refractivity contribution in [2.24, 2.45) is 5.92 Å². The van der Waals surface area contributed by atoms with Gasteiger partial charge < -0.3 is 0 Å². The zero-order chi connectivity index (χ0) is 21.7. The van der Waals surface area contributed by atoms with E-state index in [1.165, 1.54) is 30.5 Å². The van der Waals surface area contributed by atoms with Gasteiger partial charge in [0.05, 0.1) is 16.1 Å². The van der Waals surface area contributed by atoms with Gasteiger partial charge in [-0.15, -0.1) is 10.2 Å². The quantitative estimate of drug-likeness (QED) is 0.395. The summed E-state index contributed by atoms with van der Waals surface area (Å²) in [7, 11) is -2.38. The summed E-state index contributed by atoms with van der Waals surface area (Å²) in [6, 6.07) is 14.7. The predicted molar refractivity (Wildman–Crippen MR) is 122 cm³/mol. The van der Waals surface area contributed by atoms with Crippen LogP contribution in [0.4, 0.5) is 10.8 Å². The highest BCUT2D eigenvalue weighted by Crippen LogP contribution is 2.29. The van der Waals surface area contributed by atoms with Crippen molar-refractivity contribution in [3.8, 4) is 0 Å². The smallest absolute Gasteiger partial charge is 0.264 e. The first-order chi connectivity index (χ1) is 14.3. The van der Waals surface area contributed by atoms with Gasteiger partial charge in [0.25, 0.3) is 15.9 Å². The number of hydrogen-bond acceptors (Lipinski definition) is 7. The number of benzene rings is 2. The lowest BCUT2D eigenvalue weighted by Gasteiger charge is -2.21. The second kappa shape index (κ2) is 9.59. The van der Waals surface area contributed by atoms with Gasteiger partial charge in [-0.3, -0.25) is 14.4 Å². The van der Waals surface area contributed by atoms with E-state index < -0.39 is 15.9 Å². The molecule has 0 unspecified atom stereocenters. The third-order valence-electron chi connectivity index (χ3n) is 4.06. The van der Waals surface area contributed by atoms with E-state index in [1.807, 2.05) is 0 Å². The van der Waals surface area contributed by atoms with Gasteiger partial charge in [0.15, 0.2) is 4.34 Å². The van der Waals surface area contributed by atoms with Crippen molar-refractivity contribution in [2.75, 3.05) is 22.4 Å². The van der Waals surface area contributed by atoms with Gasteiger partial charge >= 0.3 is 0 Å². The number of thioether (sulfide) groups is 1. The minimum Gasteiger partial charge on any atom is -0.296 e. The molecule has 0 aliphatic rings. The van der Waals surface area contributed by atoms with Crippen molar-refractivity contribution < 1.29 is 13.2 Å². The maximum absolute atomic E-state index is 13.0. The molecular weight excluding hydrogens is 440 g/mol. The van der Waals surface area contributed by atoms with Crippen LogP contribution in [-0.2, 0) is 10.0 Å². The lowest BCUT2D eigenvalue weighted by atomic mass is 10.1. The van der Waals surface area contributed by atoms with E-state index in [0.717, 1.165) is 14.4 Å². The highest BCUT2D eigenvalue weighted by molar-refractivity contribution is 8.01.